The average molecular weight is 558 g/mol. The van der Waals surface area contributed by atoms with Crippen LogP contribution >= 0.6 is 0 Å². The van der Waals surface area contributed by atoms with Crippen LogP contribution in [0.3, 0.4) is 0 Å². The summed E-state index contributed by atoms with van der Waals surface area (Å²) in [4.78, 5) is 43.8. The van der Waals surface area contributed by atoms with Gasteiger partial charge in [-0.05, 0) is 62.1 Å². The SMILES string of the molecule is CC(C)CCCNC(=O)Nc1ccc(-c2nc3c(c(N4CCOCC4C)n2)CN(C(=O)c2cccnc2)CC3)cc1. The summed E-state index contributed by atoms with van der Waals surface area (Å²) in [6.07, 6.45) is 5.96. The molecule has 0 aliphatic carbocycles. The number of hydrogen-bond acceptors (Lipinski definition) is 7. The standard InChI is InChI=1S/C31H39N7O3/c1-21(2)6-4-14-33-31(40)34-25-10-8-23(9-11-25)28-35-27-12-15-37(30(39)24-7-5-13-32-18-24)19-26(27)29(36-28)38-16-17-41-20-22(38)3/h5,7-11,13,18,21-22H,4,6,12,14-17,19-20H2,1-3H3,(H2,33,34,40). The molecular formula is C31H39N7O3. The van der Waals surface area contributed by atoms with Crippen molar-refractivity contribution in [2.45, 2.75) is 52.6 Å². The van der Waals surface area contributed by atoms with Crippen molar-refractivity contribution >= 4 is 23.4 Å². The van der Waals surface area contributed by atoms with Crippen molar-refractivity contribution in [3.63, 3.8) is 0 Å². The van der Waals surface area contributed by atoms with Gasteiger partial charge in [0.2, 0.25) is 0 Å². The highest BCUT2D eigenvalue weighted by Gasteiger charge is 2.31. The van der Waals surface area contributed by atoms with Gasteiger partial charge >= 0.3 is 6.03 Å². The number of urea groups is 1. The van der Waals surface area contributed by atoms with Gasteiger partial charge in [-0.1, -0.05) is 13.8 Å². The first kappa shape index (κ1) is 28.5. The molecule has 2 N–H and O–H groups in total. The van der Waals surface area contributed by atoms with Gasteiger partial charge in [0.1, 0.15) is 5.82 Å². The van der Waals surface area contributed by atoms with E-state index in [2.05, 4.69) is 41.3 Å². The van der Waals surface area contributed by atoms with Crippen LogP contribution in [0.25, 0.3) is 11.4 Å². The Balaban J connectivity index is 1.36. The third-order valence-electron chi connectivity index (χ3n) is 7.52. The van der Waals surface area contributed by atoms with Crippen LogP contribution in [0, 0.1) is 5.92 Å². The lowest BCUT2D eigenvalue weighted by Crippen LogP contribution is -2.46. The summed E-state index contributed by atoms with van der Waals surface area (Å²) in [5.41, 5.74) is 4.10. The number of nitrogens with one attached hydrogen (secondary N) is 2. The molecule has 2 aromatic heterocycles. The number of carbonyl (C=O) groups excluding carboxylic acids is 2. The Hall–Kier alpha value is -4.05. The summed E-state index contributed by atoms with van der Waals surface area (Å²) < 4.78 is 5.70. The van der Waals surface area contributed by atoms with Crippen LogP contribution in [-0.2, 0) is 17.7 Å². The summed E-state index contributed by atoms with van der Waals surface area (Å²) in [7, 11) is 0. The zero-order valence-corrected chi connectivity index (χ0v) is 24.1. The van der Waals surface area contributed by atoms with Gasteiger partial charge in [0, 0.05) is 55.3 Å². The molecule has 0 radical (unpaired) electrons. The molecule has 10 heteroatoms. The van der Waals surface area contributed by atoms with Gasteiger partial charge < -0.3 is 25.2 Å². The fraction of sp³-hybridized carbons (Fsp3) is 0.452. The maximum Gasteiger partial charge on any atom is 0.319 e. The Labute approximate surface area is 241 Å². The van der Waals surface area contributed by atoms with Crippen molar-refractivity contribution in [3.05, 3.63) is 65.6 Å². The zero-order valence-electron chi connectivity index (χ0n) is 24.1. The van der Waals surface area contributed by atoms with E-state index in [0.29, 0.717) is 62.3 Å². The summed E-state index contributed by atoms with van der Waals surface area (Å²) in [5.74, 6) is 2.07. The Morgan fingerprint density at radius 2 is 1.95 bits per heavy atom. The molecule has 3 amide bonds. The summed E-state index contributed by atoms with van der Waals surface area (Å²) in [5, 5.41) is 5.82. The van der Waals surface area contributed by atoms with E-state index in [1.54, 1.807) is 24.5 Å². The van der Waals surface area contributed by atoms with Crippen LogP contribution in [0.1, 0.15) is 55.2 Å². The molecule has 4 heterocycles. The van der Waals surface area contributed by atoms with E-state index in [0.717, 1.165) is 42.0 Å². The normalized spacial score (nSPS) is 16.8. The Kier molecular flexibility index (Phi) is 9.08. The number of pyridine rings is 1. The number of hydrogen-bond donors (Lipinski definition) is 2. The highest BCUT2D eigenvalue weighted by atomic mass is 16.5. The number of aromatic nitrogens is 3. The first-order valence-electron chi connectivity index (χ1n) is 14.5. The van der Waals surface area contributed by atoms with Crippen molar-refractivity contribution in [1.29, 1.82) is 0 Å². The first-order chi connectivity index (χ1) is 19.9. The summed E-state index contributed by atoms with van der Waals surface area (Å²) in [6.45, 7) is 10.1. The quantitative estimate of drug-likeness (QED) is 0.392. The molecule has 216 valence electrons. The molecule has 5 rings (SSSR count). The molecule has 1 aromatic carbocycles. The molecule has 2 aliphatic rings. The number of amides is 3. The molecule has 3 aromatic rings. The van der Waals surface area contributed by atoms with Crippen LogP contribution in [0.15, 0.2) is 48.8 Å². The molecule has 0 bridgehead atoms. The first-order valence-corrected chi connectivity index (χ1v) is 14.5. The second-order valence-electron chi connectivity index (χ2n) is 11.1. The predicted molar refractivity (Wildman–Crippen MR) is 159 cm³/mol. The number of benzene rings is 1. The maximum absolute atomic E-state index is 13.2. The van der Waals surface area contributed by atoms with Crippen LogP contribution < -0.4 is 15.5 Å². The van der Waals surface area contributed by atoms with Gasteiger partial charge in [-0.3, -0.25) is 9.78 Å². The second kappa shape index (κ2) is 13.1. The monoisotopic (exact) mass is 557 g/mol. The number of ether oxygens (including phenoxy) is 1. The third-order valence-corrected chi connectivity index (χ3v) is 7.52. The molecule has 1 saturated heterocycles. The van der Waals surface area contributed by atoms with Crippen LogP contribution in [0.5, 0.6) is 0 Å². The average Bonchev–Trinajstić information content (AvgIpc) is 2.99. The number of carbonyl (C=O) groups is 2. The van der Waals surface area contributed by atoms with Gasteiger partial charge in [-0.2, -0.15) is 0 Å². The van der Waals surface area contributed by atoms with Crippen LogP contribution in [0.2, 0.25) is 0 Å². The lowest BCUT2D eigenvalue weighted by molar-refractivity contribution is 0.0731. The highest BCUT2D eigenvalue weighted by molar-refractivity contribution is 5.94. The number of fused-ring (bicyclic) bond motifs is 1. The van der Waals surface area contributed by atoms with Gasteiger partial charge in [-0.15, -0.1) is 0 Å². The lowest BCUT2D eigenvalue weighted by Gasteiger charge is -2.38. The van der Waals surface area contributed by atoms with Gasteiger partial charge in [0.05, 0.1) is 37.1 Å². The molecular weight excluding hydrogens is 518 g/mol. The minimum Gasteiger partial charge on any atom is -0.377 e. The topological polar surface area (TPSA) is 113 Å². The van der Waals surface area contributed by atoms with E-state index in [-0.39, 0.29) is 18.0 Å². The predicted octanol–water partition coefficient (Wildman–Crippen LogP) is 4.52. The lowest BCUT2D eigenvalue weighted by atomic mass is 10.0. The number of anilines is 2. The maximum atomic E-state index is 13.2. The molecule has 41 heavy (non-hydrogen) atoms. The number of nitrogens with zero attached hydrogens (tertiary/aromatic N) is 5. The van der Waals surface area contributed by atoms with Gasteiger partial charge in [-0.25, -0.2) is 14.8 Å². The van der Waals surface area contributed by atoms with Crippen molar-refractivity contribution in [3.8, 4) is 11.4 Å². The Morgan fingerprint density at radius 3 is 2.68 bits per heavy atom. The zero-order chi connectivity index (χ0) is 28.8. The van der Waals surface area contributed by atoms with Crippen molar-refractivity contribution in [2.24, 2.45) is 5.92 Å². The second-order valence-corrected chi connectivity index (χ2v) is 11.1. The van der Waals surface area contributed by atoms with Gasteiger partial charge in [0.15, 0.2) is 5.82 Å². The fourth-order valence-electron chi connectivity index (χ4n) is 5.24. The van der Waals surface area contributed by atoms with Crippen LogP contribution in [-0.4, -0.2) is 70.7 Å². The van der Waals surface area contributed by atoms with Gasteiger partial charge in [0.25, 0.3) is 5.91 Å². The van der Waals surface area contributed by atoms with E-state index in [9.17, 15) is 9.59 Å². The van der Waals surface area contributed by atoms with E-state index in [1.165, 1.54) is 0 Å². The Bertz CT molecular complexity index is 1350. The van der Waals surface area contributed by atoms with E-state index < -0.39 is 0 Å². The molecule has 10 nitrogen and oxygen atoms in total. The number of morpholine rings is 1. The minimum absolute atomic E-state index is 0.0409. The fourth-order valence-corrected chi connectivity index (χ4v) is 5.24. The van der Waals surface area contributed by atoms with E-state index in [1.807, 2.05) is 29.2 Å². The van der Waals surface area contributed by atoms with E-state index in [4.69, 9.17) is 14.7 Å². The molecule has 1 atom stereocenters. The van der Waals surface area contributed by atoms with Crippen molar-refractivity contribution < 1.29 is 14.3 Å². The largest absolute Gasteiger partial charge is 0.377 e. The number of rotatable bonds is 8. The molecule has 2 aliphatic heterocycles. The van der Waals surface area contributed by atoms with Crippen molar-refractivity contribution in [1.82, 2.24) is 25.2 Å². The molecule has 1 fully saturated rings. The van der Waals surface area contributed by atoms with Crippen LogP contribution in [0.4, 0.5) is 16.3 Å². The molecule has 0 saturated carbocycles. The smallest absolute Gasteiger partial charge is 0.319 e. The third kappa shape index (κ3) is 7.00. The molecule has 1 unspecified atom stereocenters. The van der Waals surface area contributed by atoms with Crippen molar-refractivity contribution in [2.75, 3.05) is 43.1 Å². The molecule has 0 spiro atoms. The summed E-state index contributed by atoms with van der Waals surface area (Å²) in [6, 6.07) is 11.1. The Morgan fingerprint density at radius 1 is 1.12 bits per heavy atom. The summed E-state index contributed by atoms with van der Waals surface area (Å²) >= 11 is 0. The minimum atomic E-state index is -0.208. The highest BCUT2D eigenvalue weighted by Crippen LogP contribution is 2.32. The van der Waals surface area contributed by atoms with E-state index >= 15 is 0 Å².